The van der Waals surface area contributed by atoms with Crippen molar-refractivity contribution in [2.45, 2.75) is 37.7 Å². The van der Waals surface area contributed by atoms with E-state index in [0.717, 1.165) is 64.9 Å². The Kier molecular flexibility index (Phi) is 4.74. The molecular formula is C18H26N4O3. The quantitative estimate of drug-likeness (QED) is 0.833. The lowest BCUT2D eigenvalue weighted by Crippen LogP contribution is -2.68. The topological polar surface area (TPSA) is 67.8 Å². The molecule has 1 spiro atoms. The number of hydrogen-bond acceptors (Lipinski definition) is 5. The van der Waals surface area contributed by atoms with Crippen LogP contribution in [0.1, 0.15) is 32.1 Å². The van der Waals surface area contributed by atoms with Crippen molar-refractivity contribution in [1.29, 1.82) is 0 Å². The minimum Gasteiger partial charge on any atom is -0.477 e. The van der Waals surface area contributed by atoms with Gasteiger partial charge in [0.25, 0.3) is 0 Å². The minimum absolute atomic E-state index is 0.120. The first-order valence-electron chi connectivity index (χ1n) is 9.31. The number of rotatable bonds is 4. The molecule has 3 fully saturated rings. The second-order valence-electron chi connectivity index (χ2n) is 7.40. The predicted molar refractivity (Wildman–Crippen MR) is 91.3 cm³/mol. The first-order valence-corrected chi connectivity index (χ1v) is 9.31. The van der Waals surface area contributed by atoms with E-state index in [4.69, 9.17) is 9.47 Å². The number of amides is 2. The molecule has 1 aromatic heterocycles. The van der Waals surface area contributed by atoms with E-state index < -0.39 is 0 Å². The average molecular weight is 346 g/mol. The van der Waals surface area contributed by atoms with Crippen molar-refractivity contribution >= 4 is 6.03 Å². The number of nitrogens with zero attached hydrogens (tertiary/aromatic N) is 4. The highest BCUT2D eigenvalue weighted by Gasteiger charge is 2.50. The SMILES string of the molecule is O=C(N1CCCC1)N1CC2(C[C@@H](CCOc3cnccn3)CCO2)C1. The van der Waals surface area contributed by atoms with Crippen LogP contribution in [0.3, 0.4) is 0 Å². The Labute approximate surface area is 148 Å². The van der Waals surface area contributed by atoms with Gasteiger partial charge in [0.15, 0.2) is 0 Å². The maximum Gasteiger partial charge on any atom is 0.320 e. The van der Waals surface area contributed by atoms with Crippen molar-refractivity contribution in [1.82, 2.24) is 19.8 Å². The van der Waals surface area contributed by atoms with E-state index in [1.54, 1.807) is 18.6 Å². The molecule has 0 N–H and O–H groups in total. The van der Waals surface area contributed by atoms with Gasteiger partial charge in [0.05, 0.1) is 25.9 Å². The monoisotopic (exact) mass is 346 g/mol. The minimum atomic E-state index is -0.120. The Balaban J connectivity index is 1.22. The second kappa shape index (κ2) is 7.15. The average Bonchev–Trinajstić information content (AvgIpc) is 3.15. The van der Waals surface area contributed by atoms with Crippen LogP contribution in [0.25, 0.3) is 0 Å². The molecule has 0 unspecified atom stereocenters. The molecule has 0 aliphatic carbocycles. The molecule has 4 heterocycles. The summed E-state index contributed by atoms with van der Waals surface area (Å²) in [4.78, 5) is 24.5. The lowest BCUT2D eigenvalue weighted by Gasteiger charge is -2.53. The van der Waals surface area contributed by atoms with Crippen molar-refractivity contribution in [3.05, 3.63) is 18.6 Å². The van der Waals surface area contributed by atoms with Gasteiger partial charge >= 0.3 is 6.03 Å². The molecule has 0 aromatic carbocycles. The van der Waals surface area contributed by atoms with Gasteiger partial charge < -0.3 is 19.3 Å². The molecule has 136 valence electrons. The number of aromatic nitrogens is 2. The van der Waals surface area contributed by atoms with Crippen LogP contribution >= 0.6 is 0 Å². The van der Waals surface area contributed by atoms with Gasteiger partial charge in [-0.05, 0) is 38.0 Å². The Bertz CT molecular complexity index is 585. The van der Waals surface area contributed by atoms with Crippen LogP contribution in [-0.4, -0.2) is 70.8 Å². The molecule has 0 bridgehead atoms. The van der Waals surface area contributed by atoms with Crippen LogP contribution in [0.5, 0.6) is 5.88 Å². The van der Waals surface area contributed by atoms with Crippen LogP contribution in [0.2, 0.25) is 0 Å². The molecule has 1 aromatic rings. The highest BCUT2D eigenvalue weighted by Crippen LogP contribution is 2.38. The summed E-state index contributed by atoms with van der Waals surface area (Å²) in [6.07, 6.45) is 10.2. The van der Waals surface area contributed by atoms with Gasteiger partial charge in [0.1, 0.15) is 5.60 Å². The number of carbonyl (C=O) groups excluding carboxylic acids is 1. The van der Waals surface area contributed by atoms with Gasteiger partial charge in [-0.3, -0.25) is 4.98 Å². The summed E-state index contributed by atoms with van der Waals surface area (Å²) in [5, 5.41) is 0. The molecule has 3 saturated heterocycles. The van der Waals surface area contributed by atoms with Gasteiger partial charge in [0.2, 0.25) is 5.88 Å². The molecule has 3 aliphatic heterocycles. The van der Waals surface area contributed by atoms with E-state index in [1.165, 1.54) is 0 Å². The molecule has 0 radical (unpaired) electrons. The molecule has 25 heavy (non-hydrogen) atoms. The fourth-order valence-corrected chi connectivity index (χ4v) is 4.18. The van der Waals surface area contributed by atoms with Gasteiger partial charge in [0, 0.05) is 32.1 Å². The summed E-state index contributed by atoms with van der Waals surface area (Å²) in [7, 11) is 0. The van der Waals surface area contributed by atoms with Crippen molar-refractivity contribution in [2.24, 2.45) is 5.92 Å². The van der Waals surface area contributed by atoms with Gasteiger partial charge in [-0.1, -0.05) is 0 Å². The summed E-state index contributed by atoms with van der Waals surface area (Å²) < 4.78 is 11.7. The maximum atomic E-state index is 12.4. The molecule has 2 amide bonds. The zero-order valence-corrected chi connectivity index (χ0v) is 14.6. The summed E-state index contributed by atoms with van der Waals surface area (Å²) in [6.45, 7) is 4.72. The summed E-state index contributed by atoms with van der Waals surface area (Å²) in [6, 6.07) is 0.194. The van der Waals surface area contributed by atoms with E-state index in [2.05, 4.69) is 9.97 Å². The Morgan fingerprint density at radius 1 is 1.28 bits per heavy atom. The van der Waals surface area contributed by atoms with Gasteiger partial charge in [-0.15, -0.1) is 0 Å². The van der Waals surface area contributed by atoms with E-state index in [-0.39, 0.29) is 11.6 Å². The molecular weight excluding hydrogens is 320 g/mol. The molecule has 7 heteroatoms. The molecule has 7 nitrogen and oxygen atoms in total. The Hall–Kier alpha value is -1.89. The molecule has 3 aliphatic rings. The van der Waals surface area contributed by atoms with Crippen LogP contribution in [0, 0.1) is 5.92 Å². The third-order valence-electron chi connectivity index (χ3n) is 5.52. The molecule has 0 saturated carbocycles. The first kappa shape index (κ1) is 16.6. The summed E-state index contributed by atoms with van der Waals surface area (Å²) >= 11 is 0. The fourth-order valence-electron chi connectivity index (χ4n) is 4.18. The number of urea groups is 1. The zero-order valence-electron chi connectivity index (χ0n) is 14.6. The Morgan fingerprint density at radius 3 is 2.88 bits per heavy atom. The zero-order chi connectivity index (χ0) is 17.1. The predicted octanol–water partition coefficient (Wildman–Crippen LogP) is 1.94. The van der Waals surface area contributed by atoms with E-state index in [1.807, 2.05) is 9.80 Å². The number of ether oxygens (including phenoxy) is 2. The number of hydrogen-bond donors (Lipinski definition) is 0. The second-order valence-corrected chi connectivity index (χ2v) is 7.40. The number of likely N-dealkylation sites (tertiary alicyclic amines) is 2. The highest BCUT2D eigenvalue weighted by atomic mass is 16.5. The van der Waals surface area contributed by atoms with Crippen LogP contribution in [0.4, 0.5) is 4.79 Å². The van der Waals surface area contributed by atoms with E-state index >= 15 is 0 Å². The van der Waals surface area contributed by atoms with Crippen molar-refractivity contribution in [3.63, 3.8) is 0 Å². The summed E-state index contributed by atoms with van der Waals surface area (Å²) in [5.41, 5.74) is -0.120. The van der Waals surface area contributed by atoms with E-state index in [9.17, 15) is 4.79 Å². The van der Waals surface area contributed by atoms with E-state index in [0.29, 0.717) is 18.4 Å². The van der Waals surface area contributed by atoms with Gasteiger partial charge in [-0.25, -0.2) is 9.78 Å². The molecule has 4 rings (SSSR count). The van der Waals surface area contributed by atoms with Gasteiger partial charge in [-0.2, -0.15) is 0 Å². The summed E-state index contributed by atoms with van der Waals surface area (Å²) in [5.74, 6) is 1.16. The third-order valence-corrected chi connectivity index (χ3v) is 5.52. The lowest BCUT2D eigenvalue weighted by molar-refractivity contribution is -0.167. The first-order chi connectivity index (χ1) is 12.2. The largest absolute Gasteiger partial charge is 0.477 e. The number of carbonyl (C=O) groups is 1. The van der Waals surface area contributed by atoms with Crippen LogP contribution in [0.15, 0.2) is 18.6 Å². The molecule has 1 atom stereocenters. The lowest BCUT2D eigenvalue weighted by atomic mass is 9.79. The van der Waals surface area contributed by atoms with Crippen molar-refractivity contribution < 1.29 is 14.3 Å². The smallest absolute Gasteiger partial charge is 0.320 e. The van der Waals surface area contributed by atoms with Crippen LogP contribution in [-0.2, 0) is 4.74 Å². The Morgan fingerprint density at radius 2 is 2.12 bits per heavy atom. The highest BCUT2D eigenvalue weighted by molar-refractivity contribution is 5.76. The van der Waals surface area contributed by atoms with Crippen LogP contribution < -0.4 is 4.74 Å². The van der Waals surface area contributed by atoms with Crippen molar-refractivity contribution in [2.75, 3.05) is 39.4 Å². The standard InChI is InChI=1S/C18H26N4O3/c23-17(21-7-1-2-8-21)22-13-18(14-22)11-15(4-10-25-18)3-9-24-16-12-19-5-6-20-16/h5-6,12,15H,1-4,7-11,13-14H2/t15-/m0/s1. The normalized spacial score (nSPS) is 25.0. The fraction of sp³-hybridized carbons (Fsp3) is 0.722. The maximum absolute atomic E-state index is 12.4. The van der Waals surface area contributed by atoms with Crippen molar-refractivity contribution in [3.8, 4) is 5.88 Å². The third kappa shape index (κ3) is 3.71.